The Balaban J connectivity index is 2.73. The van der Waals surface area contributed by atoms with Gasteiger partial charge >= 0.3 is 0 Å². The third-order valence-electron chi connectivity index (χ3n) is 2.96. The zero-order chi connectivity index (χ0) is 17.1. The van der Waals surface area contributed by atoms with Gasteiger partial charge in [0.15, 0.2) is 0 Å². The van der Waals surface area contributed by atoms with Crippen molar-refractivity contribution in [2.45, 2.75) is 6.42 Å². The number of amides is 1. The van der Waals surface area contributed by atoms with Crippen molar-refractivity contribution in [1.82, 2.24) is 5.32 Å². The fourth-order valence-corrected chi connectivity index (χ4v) is 1.73. The number of nitrogens with one attached hydrogen (secondary N) is 2. The first-order valence-corrected chi connectivity index (χ1v) is 7.02. The molecule has 7 nitrogen and oxygen atoms in total. The summed E-state index contributed by atoms with van der Waals surface area (Å²) < 4.78 is 15.2. The van der Waals surface area contributed by atoms with Gasteiger partial charge in [0.2, 0.25) is 0 Å². The molecule has 0 spiro atoms. The van der Waals surface area contributed by atoms with Crippen molar-refractivity contribution in [2.75, 3.05) is 39.8 Å². The van der Waals surface area contributed by atoms with E-state index >= 15 is 0 Å². The van der Waals surface area contributed by atoms with Gasteiger partial charge < -0.3 is 24.8 Å². The predicted octanol–water partition coefficient (Wildman–Crippen LogP) is 1.68. The van der Waals surface area contributed by atoms with Crippen LogP contribution in [0.4, 0.5) is 5.69 Å². The van der Waals surface area contributed by atoms with Crippen LogP contribution in [0.15, 0.2) is 30.0 Å². The smallest absolute Gasteiger partial charge is 0.263 e. The lowest BCUT2D eigenvalue weighted by Gasteiger charge is -2.10. The van der Waals surface area contributed by atoms with Gasteiger partial charge in [0.25, 0.3) is 5.91 Å². The second-order valence-electron chi connectivity index (χ2n) is 4.48. The molecule has 0 radical (unpaired) electrons. The van der Waals surface area contributed by atoms with Crippen molar-refractivity contribution in [3.05, 3.63) is 30.0 Å². The first kappa shape index (κ1) is 18.3. The highest BCUT2D eigenvalue weighted by Crippen LogP contribution is 2.29. The summed E-state index contributed by atoms with van der Waals surface area (Å²) in [6.45, 7) is 0.991. The normalized spacial score (nSPS) is 10.6. The molecule has 1 aromatic rings. The van der Waals surface area contributed by atoms with E-state index < -0.39 is 5.91 Å². The van der Waals surface area contributed by atoms with Crippen LogP contribution in [0.2, 0.25) is 0 Å². The zero-order valence-electron chi connectivity index (χ0n) is 13.5. The predicted molar refractivity (Wildman–Crippen MR) is 86.4 cm³/mol. The summed E-state index contributed by atoms with van der Waals surface area (Å²) in [6, 6.07) is 7.05. The van der Waals surface area contributed by atoms with E-state index in [0.717, 1.165) is 0 Å². The summed E-state index contributed by atoms with van der Waals surface area (Å²) in [6.07, 6.45) is 2.02. The molecule has 0 aliphatic carbocycles. The van der Waals surface area contributed by atoms with Crippen molar-refractivity contribution in [2.24, 2.45) is 0 Å². The Morgan fingerprint density at radius 1 is 1.30 bits per heavy atom. The summed E-state index contributed by atoms with van der Waals surface area (Å²) in [5.74, 6) is 0.745. The molecule has 0 saturated carbocycles. The molecular weight excluding hydrogens is 298 g/mol. The van der Waals surface area contributed by atoms with Gasteiger partial charge in [-0.25, -0.2) is 0 Å². The van der Waals surface area contributed by atoms with Gasteiger partial charge in [-0.3, -0.25) is 4.79 Å². The number of carbonyl (C=O) groups excluding carboxylic acids is 1. The highest BCUT2D eigenvalue weighted by molar-refractivity contribution is 5.97. The topological polar surface area (TPSA) is 92.6 Å². The number of nitrogens with zero attached hydrogens (tertiary/aromatic N) is 1. The lowest BCUT2D eigenvalue weighted by molar-refractivity contribution is -0.117. The van der Waals surface area contributed by atoms with Gasteiger partial charge in [-0.05, 0) is 18.6 Å². The van der Waals surface area contributed by atoms with Crippen molar-refractivity contribution in [1.29, 1.82) is 5.26 Å². The number of nitriles is 1. The molecule has 0 saturated heterocycles. The molecule has 0 heterocycles. The van der Waals surface area contributed by atoms with Crippen molar-refractivity contribution in [3.63, 3.8) is 0 Å². The minimum Gasteiger partial charge on any atom is -0.497 e. The van der Waals surface area contributed by atoms with Crippen LogP contribution >= 0.6 is 0 Å². The minimum absolute atomic E-state index is 0.0275. The molecule has 7 heteroatoms. The van der Waals surface area contributed by atoms with Crippen LogP contribution in [0.25, 0.3) is 0 Å². The molecule has 0 aromatic heterocycles. The molecule has 0 atom stereocenters. The van der Waals surface area contributed by atoms with Crippen molar-refractivity contribution < 1.29 is 19.0 Å². The van der Waals surface area contributed by atoms with Gasteiger partial charge in [-0.2, -0.15) is 5.26 Å². The van der Waals surface area contributed by atoms with Crippen LogP contribution in [0, 0.1) is 11.3 Å². The fraction of sp³-hybridized carbons (Fsp3) is 0.375. The summed E-state index contributed by atoms with van der Waals surface area (Å²) in [4.78, 5) is 11.9. The monoisotopic (exact) mass is 319 g/mol. The van der Waals surface area contributed by atoms with Gasteiger partial charge in [-0.15, -0.1) is 0 Å². The van der Waals surface area contributed by atoms with Crippen LogP contribution < -0.4 is 20.1 Å². The minimum atomic E-state index is -0.441. The largest absolute Gasteiger partial charge is 0.497 e. The Hall–Kier alpha value is -2.72. The Morgan fingerprint density at radius 2 is 2.09 bits per heavy atom. The van der Waals surface area contributed by atoms with Gasteiger partial charge in [0.1, 0.15) is 23.1 Å². The number of rotatable bonds is 9. The first-order valence-electron chi connectivity index (χ1n) is 7.02. The Kier molecular flexibility index (Phi) is 8.03. The van der Waals surface area contributed by atoms with Gasteiger partial charge in [-0.1, -0.05) is 0 Å². The number of carbonyl (C=O) groups is 1. The third-order valence-corrected chi connectivity index (χ3v) is 2.96. The molecule has 0 aliphatic rings. The second-order valence-corrected chi connectivity index (χ2v) is 4.48. The lowest BCUT2D eigenvalue weighted by atomic mass is 10.2. The van der Waals surface area contributed by atoms with Crippen molar-refractivity contribution >= 4 is 11.6 Å². The molecule has 0 fully saturated rings. The molecule has 0 unspecified atom stereocenters. The average Bonchev–Trinajstić information content (AvgIpc) is 2.59. The maximum Gasteiger partial charge on any atom is 0.263 e. The first-order chi connectivity index (χ1) is 11.2. The van der Waals surface area contributed by atoms with E-state index in [4.69, 9.17) is 19.5 Å². The van der Waals surface area contributed by atoms with E-state index in [0.29, 0.717) is 36.8 Å². The SMILES string of the molecule is COCCCNC(=O)/C(C#N)=C\Nc1ccc(OC)cc1OC. The number of hydrogen-bond donors (Lipinski definition) is 2. The maximum absolute atomic E-state index is 11.9. The summed E-state index contributed by atoms with van der Waals surface area (Å²) in [5.41, 5.74) is 0.591. The Labute approximate surface area is 135 Å². The van der Waals surface area contributed by atoms with E-state index in [1.54, 1.807) is 32.4 Å². The highest BCUT2D eigenvalue weighted by Gasteiger charge is 2.09. The fourth-order valence-electron chi connectivity index (χ4n) is 1.73. The third kappa shape index (κ3) is 5.88. The summed E-state index contributed by atoms with van der Waals surface area (Å²) in [7, 11) is 4.68. The molecule has 0 aliphatic heterocycles. The molecule has 1 amide bonds. The van der Waals surface area contributed by atoms with Crippen LogP contribution in [0.1, 0.15) is 6.42 Å². The standard InChI is InChI=1S/C16H21N3O4/c1-21-8-4-7-18-16(20)12(10-17)11-19-14-6-5-13(22-2)9-15(14)23-3/h5-6,9,11,19H,4,7-8H2,1-3H3,(H,18,20)/b12-11-. The summed E-state index contributed by atoms with van der Waals surface area (Å²) in [5, 5.41) is 14.6. The average molecular weight is 319 g/mol. The second kappa shape index (κ2) is 10.1. The van der Waals surface area contributed by atoms with E-state index in [1.165, 1.54) is 13.3 Å². The number of ether oxygens (including phenoxy) is 3. The van der Waals surface area contributed by atoms with E-state index in [1.807, 2.05) is 6.07 Å². The number of methoxy groups -OCH3 is 3. The maximum atomic E-state index is 11.9. The number of hydrogen-bond acceptors (Lipinski definition) is 6. The molecule has 124 valence electrons. The number of anilines is 1. The van der Waals surface area contributed by atoms with Crippen LogP contribution in [-0.2, 0) is 9.53 Å². The van der Waals surface area contributed by atoms with Gasteiger partial charge in [0, 0.05) is 32.5 Å². The highest BCUT2D eigenvalue weighted by atomic mass is 16.5. The quantitative estimate of drug-likeness (QED) is 0.409. The van der Waals surface area contributed by atoms with Crippen LogP contribution in [-0.4, -0.2) is 40.4 Å². The molecule has 0 bridgehead atoms. The summed E-state index contributed by atoms with van der Waals surface area (Å²) >= 11 is 0. The Morgan fingerprint density at radius 3 is 2.70 bits per heavy atom. The Bertz CT molecular complexity index is 593. The molecule has 1 aromatic carbocycles. The van der Waals surface area contributed by atoms with Crippen LogP contribution in [0.5, 0.6) is 11.5 Å². The number of benzene rings is 1. The molecule has 2 N–H and O–H groups in total. The molecule has 23 heavy (non-hydrogen) atoms. The van der Waals surface area contributed by atoms with Crippen LogP contribution in [0.3, 0.4) is 0 Å². The van der Waals surface area contributed by atoms with E-state index in [9.17, 15) is 4.79 Å². The van der Waals surface area contributed by atoms with E-state index in [-0.39, 0.29) is 5.57 Å². The molecular formula is C16H21N3O4. The lowest BCUT2D eigenvalue weighted by Crippen LogP contribution is -2.26. The zero-order valence-corrected chi connectivity index (χ0v) is 13.5. The van der Waals surface area contributed by atoms with Crippen molar-refractivity contribution in [3.8, 4) is 17.6 Å². The van der Waals surface area contributed by atoms with E-state index in [2.05, 4.69) is 10.6 Å². The molecule has 1 rings (SSSR count). The van der Waals surface area contributed by atoms with Gasteiger partial charge in [0.05, 0.1) is 19.9 Å².